The number of thioether (sulfide) groups is 1. The summed E-state index contributed by atoms with van der Waals surface area (Å²) in [6.45, 7) is 7.00. The Balaban J connectivity index is 2.02. The monoisotopic (exact) mass is 420 g/mol. The van der Waals surface area contributed by atoms with Crippen molar-refractivity contribution in [1.29, 1.82) is 0 Å². The number of hydrogen-bond donors (Lipinski definition) is 1. The van der Waals surface area contributed by atoms with Gasteiger partial charge in [0, 0.05) is 9.92 Å². The molecular formula is C21H25ClN2O3S. The second-order valence-electron chi connectivity index (χ2n) is 5.73. The molecule has 1 amide bonds. The van der Waals surface area contributed by atoms with E-state index in [0.717, 1.165) is 21.8 Å². The van der Waals surface area contributed by atoms with E-state index in [9.17, 15) is 4.79 Å². The summed E-state index contributed by atoms with van der Waals surface area (Å²) in [5, 5.41) is 4.67. The van der Waals surface area contributed by atoms with E-state index in [1.807, 2.05) is 50.2 Å². The van der Waals surface area contributed by atoms with Crippen LogP contribution in [0.4, 0.5) is 0 Å². The molecule has 7 heteroatoms. The number of carbonyl (C=O) groups is 1. The number of halogens is 1. The lowest BCUT2D eigenvalue weighted by atomic mass is 10.1. The highest BCUT2D eigenvalue weighted by Crippen LogP contribution is 2.28. The lowest BCUT2D eigenvalue weighted by Crippen LogP contribution is -2.20. The first kappa shape index (κ1) is 22.1. The molecule has 0 atom stereocenters. The fourth-order valence-electron chi connectivity index (χ4n) is 2.52. The van der Waals surface area contributed by atoms with E-state index in [0.29, 0.717) is 29.7 Å². The third-order valence-corrected chi connectivity index (χ3v) is 4.88. The first-order valence-electron chi connectivity index (χ1n) is 9.20. The van der Waals surface area contributed by atoms with Crippen molar-refractivity contribution in [1.82, 2.24) is 5.43 Å². The molecular weight excluding hydrogens is 396 g/mol. The maximum atomic E-state index is 12.3. The molecule has 0 unspecified atom stereocenters. The molecule has 0 fully saturated rings. The lowest BCUT2D eigenvalue weighted by Gasteiger charge is -2.11. The van der Waals surface area contributed by atoms with Crippen molar-refractivity contribution in [3.63, 3.8) is 0 Å². The number of rotatable bonds is 10. The van der Waals surface area contributed by atoms with E-state index >= 15 is 0 Å². The van der Waals surface area contributed by atoms with Gasteiger partial charge in [-0.25, -0.2) is 5.43 Å². The van der Waals surface area contributed by atoms with Crippen LogP contribution in [0, 0.1) is 0 Å². The van der Waals surface area contributed by atoms with Gasteiger partial charge in [-0.15, -0.1) is 11.8 Å². The Morgan fingerprint density at radius 1 is 1.11 bits per heavy atom. The third-order valence-electron chi connectivity index (χ3n) is 3.64. The second kappa shape index (κ2) is 11.6. The lowest BCUT2D eigenvalue weighted by molar-refractivity contribution is -0.120. The van der Waals surface area contributed by atoms with Gasteiger partial charge in [0.15, 0.2) is 11.5 Å². The van der Waals surface area contributed by atoms with E-state index in [1.165, 1.54) is 0 Å². The predicted octanol–water partition coefficient (Wildman–Crippen LogP) is 4.94. The van der Waals surface area contributed by atoms with Crippen molar-refractivity contribution in [3.8, 4) is 11.5 Å². The number of ether oxygens (including phenoxy) is 2. The van der Waals surface area contributed by atoms with E-state index in [-0.39, 0.29) is 12.3 Å². The summed E-state index contributed by atoms with van der Waals surface area (Å²) in [5.41, 5.74) is 4.26. The number of hydrogen-bond acceptors (Lipinski definition) is 5. The summed E-state index contributed by atoms with van der Waals surface area (Å²) >= 11 is 7.75. The molecule has 0 aromatic heterocycles. The highest BCUT2D eigenvalue weighted by Gasteiger charge is 2.09. The molecule has 0 saturated heterocycles. The van der Waals surface area contributed by atoms with E-state index < -0.39 is 0 Å². The first-order valence-corrected chi connectivity index (χ1v) is 10.6. The van der Waals surface area contributed by atoms with E-state index in [1.54, 1.807) is 18.0 Å². The van der Waals surface area contributed by atoms with Crippen LogP contribution in [0.5, 0.6) is 11.5 Å². The van der Waals surface area contributed by atoms with Gasteiger partial charge in [-0.05, 0) is 67.1 Å². The minimum Gasteiger partial charge on any atom is -0.490 e. The summed E-state index contributed by atoms with van der Waals surface area (Å²) < 4.78 is 11.1. The van der Waals surface area contributed by atoms with Gasteiger partial charge in [0.05, 0.1) is 25.8 Å². The van der Waals surface area contributed by atoms with Crippen molar-refractivity contribution in [2.45, 2.75) is 32.1 Å². The van der Waals surface area contributed by atoms with Gasteiger partial charge in [0.2, 0.25) is 5.91 Å². The Hall–Kier alpha value is -2.18. The van der Waals surface area contributed by atoms with Crippen molar-refractivity contribution in [2.24, 2.45) is 5.10 Å². The molecule has 2 rings (SSSR count). The number of carbonyl (C=O) groups excluding carboxylic acids is 1. The Morgan fingerprint density at radius 2 is 1.86 bits per heavy atom. The fourth-order valence-corrected chi connectivity index (χ4v) is 3.51. The Labute approximate surface area is 175 Å². The van der Waals surface area contributed by atoms with Crippen LogP contribution in [0.25, 0.3) is 0 Å². The molecule has 2 aromatic rings. The summed E-state index contributed by atoms with van der Waals surface area (Å²) in [6.07, 6.45) is 1.80. The van der Waals surface area contributed by atoms with Crippen LogP contribution >= 0.6 is 23.4 Å². The summed E-state index contributed by atoms with van der Waals surface area (Å²) in [4.78, 5) is 13.3. The van der Waals surface area contributed by atoms with Crippen LogP contribution in [-0.2, 0) is 11.2 Å². The molecule has 0 aliphatic heterocycles. The molecule has 0 saturated carbocycles. The van der Waals surface area contributed by atoms with Crippen LogP contribution in [-0.4, -0.2) is 31.1 Å². The topological polar surface area (TPSA) is 59.9 Å². The molecule has 0 aliphatic carbocycles. The summed E-state index contributed by atoms with van der Waals surface area (Å²) in [5.74, 6) is 2.06. The van der Waals surface area contributed by atoms with Gasteiger partial charge >= 0.3 is 0 Å². The van der Waals surface area contributed by atoms with Gasteiger partial charge in [-0.2, -0.15) is 5.10 Å². The van der Waals surface area contributed by atoms with E-state index in [4.69, 9.17) is 21.1 Å². The number of nitrogens with one attached hydrogen (secondary N) is 1. The number of benzene rings is 2. The molecule has 0 spiro atoms. The smallest absolute Gasteiger partial charge is 0.244 e. The van der Waals surface area contributed by atoms with Gasteiger partial charge in [0.25, 0.3) is 0 Å². The van der Waals surface area contributed by atoms with Crippen LogP contribution in [0.15, 0.2) is 46.4 Å². The zero-order valence-electron chi connectivity index (χ0n) is 16.3. The van der Waals surface area contributed by atoms with Gasteiger partial charge < -0.3 is 9.47 Å². The first-order chi connectivity index (χ1) is 13.6. The Morgan fingerprint density at radius 3 is 2.57 bits per heavy atom. The minimum atomic E-state index is -0.201. The van der Waals surface area contributed by atoms with Crippen LogP contribution in [0.2, 0.25) is 5.02 Å². The van der Waals surface area contributed by atoms with Gasteiger partial charge in [-0.3, -0.25) is 4.79 Å². The molecule has 0 bridgehead atoms. The fraction of sp³-hybridized carbons (Fsp3) is 0.333. The van der Waals surface area contributed by atoms with Crippen LogP contribution in [0.1, 0.15) is 31.9 Å². The molecule has 28 heavy (non-hydrogen) atoms. The average Bonchev–Trinajstić information content (AvgIpc) is 2.66. The summed E-state index contributed by atoms with van der Waals surface area (Å²) in [6, 6.07) is 11.1. The molecule has 0 heterocycles. The molecule has 0 aliphatic rings. The van der Waals surface area contributed by atoms with Crippen LogP contribution in [0.3, 0.4) is 0 Å². The molecule has 0 radical (unpaired) electrons. The highest BCUT2D eigenvalue weighted by molar-refractivity contribution is 7.99. The Bertz CT molecular complexity index is 827. The highest BCUT2D eigenvalue weighted by atomic mass is 35.5. The standard InChI is InChI=1S/C21H25ClN2O3S/c1-4-26-18-9-7-15(11-19(18)27-5-2)14-23-24-21(25)13-16-12-17(22)8-10-20(16)28-6-3/h7-12,14H,4-6,13H2,1-3H3,(H,24,25)/b23-14-. The van der Waals surface area contributed by atoms with Crippen molar-refractivity contribution in [3.05, 3.63) is 52.5 Å². The quantitative estimate of drug-likeness (QED) is 0.336. The summed E-state index contributed by atoms with van der Waals surface area (Å²) in [7, 11) is 0. The van der Waals surface area contributed by atoms with Crippen LogP contribution < -0.4 is 14.9 Å². The predicted molar refractivity (Wildman–Crippen MR) is 116 cm³/mol. The third kappa shape index (κ3) is 6.77. The zero-order chi connectivity index (χ0) is 20.4. The normalized spacial score (nSPS) is 10.9. The molecule has 150 valence electrons. The molecule has 5 nitrogen and oxygen atoms in total. The van der Waals surface area contributed by atoms with Crippen molar-refractivity contribution >= 4 is 35.5 Å². The average molecular weight is 421 g/mol. The largest absolute Gasteiger partial charge is 0.490 e. The Kier molecular flexibility index (Phi) is 9.17. The molecule has 1 N–H and O–H groups in total. The van der Waals surface area contributed by atoms with Gasteiger partial charge in [0.1, 0.15) is 0 Å². The number of amides is 1. The number of hydrazone groups is 1. The SMILES string of the molecule is CCOc1ccc(/C=N\NC(=O)Cc2cc(Cl)ccc2SCC)cc1OCC. The zero-order valence-corrected chi connectivity index (χ0v) is 17.9. The van der Waals surface area contributed by atoms with Crippen molar-refractivity contribution in [2.75, 3.05) is 19.0 Å². The minimum absolute atomic E-state index is 0.201. The second-order valence-corrected chi connectivity index (χ2v) is 7.47. The van der Waals surface area contributed by atoms with E-state index in [2.05, 4.69) is 17.5 Å². The van der Waals surface area contributed by atoms with Gasteiger partial charge in [-0.1, -0.05) is 18.5 Å². The van der Waals surface area contributed by atoms with Crippen molar-refractivity contribution < 1.29 is 14.3 Å². The maximum Gasteiger partial charge on any atom is 0.244 e. The molecule has 2 aromatic carbocycles. The maximum absolute atomic E-state index is 12.3. The number of nitrogens with zero attached hydrogens (tertiary/aromatic N) is 1.